The maximum Gasteiger partial charge on any atom is 0.317 e. The molecule has 2 aliphatic heterocycles. The van der Waals surface area contributed by atoms with E-state index in [-0.39, 0.29) is 6.03 Å². The van der Waals surface area contributed by atoms with Gasteiger partial charge in [-0.25, -0.2) is 9.79 Å². The van der Waals surface area contributed by atoms with E-state index in [1.54, 1.807) is 6.20 Å². The van der Waals surface area contributed by atoms with Crippen LogP contribution in [0.5, 0.6) is 0 Å². The number of aryl methyl sites for hydroxylation is 2. The molecule has 2 aliphatic rings. The van der Waals surface area contributed by atoms with Gasteiger partial charge < -0.3 is 20.1 Å². The number of hydrogen-bond donors (Lipinski definition) is 2. The quantitative estimate of drug-likeness (QED) is 0.394. The van der Waals surface area contributed by atoms with E-state index >= 15 is 0 Å². The van der Waals surface area contributed by atoms with E-state index in [0.29, 0.717) is 25.0 Å². The Morgan fingerprint density at radius 2 is 1.92 bits per heavy atom. The SMILES string of the molecule is C=CNC(N=Cc1cn2c3c(cccc13)CCC2)=NCC1CCN(C(=O)NCc2ccccc2)CC1. The second-order valence-electron chi connectivity index (χ2n) is 9.54. The summed E-state index contributed by atoms with van der Waals surface area (Å²) in [6.45, 7) is 7.56. The summed E-state index contributed by atoms with van der Waals surface area (Å²) in [4.78, 5) is 23.9. The smallest absolute Gasteiger partial charge is 0.317 e. The number of piperidine rings is 1. The monoisotopic (exact) mass is 482 g/mol. The van der Waals surface area contributed by atoms with E-state index in [9.17, 15) is 4.79 Å². The van der Waals surface area contributed by atoms with Gasteiger partial charge in [0.1, 0.15) is 0 Å². The molecule has 0 bridgehead atoms. The molecule has 5 rings (SSSR count). The van der Waals surface area contributed by atoms with Crippen LogP contribution in [0.4, 0.5) is 4.79 Å². The van der Waals surface area contributed by atoms with Gasteiger partial charge in [0.25, 0.3) is 0 Å². The standard InChI is InChI=1S/C29H34N6O/c1-2-30-28(32-20-25-21-35-15-7-11-24-10-6-12-26(25)27(24)35)31-18-23-13-16-34(17-14-23)29(36)33-19-22-8-4-3-5-9-22/h2-6,8-10,12,20-21,23H,1,7,11,13-19H2,(H,30,31)(H,33,36). The van der Waals surface area contributed by atoms with Crippen molar-refractivity contribution in [3.8, 4) is 0 Å². The minimum absolute atomic E-state index is 0.00527. The zero-order valence-corrected chi connectivity index (χ0v) is 20.7. The normalized spacial score (nSPS) is 16.4. The number of nitrogens with zero attached hydrogens (tertiary/aromatic N) is 4. The third kappa shape index (κ3) is 5.51. The molecule has 0 aliphatic carbocycles. The number of aromatic nitrogens is 1. The first-order valence-electron chi connectivity index (χ1n) is 12.8. The van der Waals surface area contributed by atoms with Crippen molar-refractivity contribution in [3.63, 3.8) is 0 Å². The van der Waals surface area contributed by atoms with Gasteiger partial charge in [0, 0.05) is 56.1 Å². The second kappa shape index (κ2) is 11.2. The summed E-state index contributed by atoms with van der Waals surface area (Å²) in [6, 6.07) is 16.5. The van der Waals surface area contributed by atoms with E-state index in [4.69, 9.17) is 4.99 Å². The van der Waals surface area contributed by atoms with Gasteiger partial charge in [-0.05, 0) is 48.9 Å². The Bertz CT molecular complexity index is 1270. The van der Waals surface area contributed by atoms with Gasteiger partial charge in [0.15, 0.2) is 0 Å². The van der Waals surface area contributed by atoms with Crippen LogP contribution in [0.1, 0.15) is 36.0 Å². The number of urea groups is 1. The molecule has 0 radical (unpaired) electrons. The van der Waals surface area contributed by atoms with Gasteiger partial charge in [-0.3, -0.25) is 4.99 Å². The zero-order valence-electron chi connectivity index (χ0n) is 20.7. The lowest BCUT2D eigenvalue weighted by Gasteiger charge is -2.31. The number of carbonyl (C=O) groups is 1. The van der Waals surface area contributed by atoms with Crippen molar-refractivity contribution < 1.29 is 4.79 Å². The van der Waals surface area contributed by atoms with Gasteiger partial charge in [0.05, 0.1) is 5.52 Å². The van der Waals surface area contributed by atoms with Crippen molar-refractivity contribution in [3.05, 3.63) is 84.2 Å². The minimum Gasteiger partial charge on any atom is -0.347 e. The number of guanidine groups is 1. The highest BCUT2D eigenvalue weighted by Crippen LogP contribution is 2.28. The second-order valence-corrected chi connectivity index (χ2v) is 9.54. The van der Waals surface area contributed by atoms with Crippen LogP contribution in [0.15, 0.2) is 77.5 Å². The molecule has 186 valence electrons. The van der Waals surface area contributed by atoms with Crippen molar-refractivity contribution in [2.75, 3.05) is 19.6 Å². The lowest BCUT2D eigenvalue weighted by molar-refractivity contribution is 0.171. The van der Waals surface area contributed by atoms with Gasteiger partial charge in [0.2, 0.25) is 5.96 Å². The molecule has 2 amide bonds. The maximum absolute atomic E-state index is 12.5. The molecular formula is C29H34N6O. The number of nitrogens with one attached hydrogen (secondary N) is 2. The Balaban J connectivity index is 1.16. The molecule has 0 unspecified atom stereocenters. The fourth-order valence-electron chi connectivity index (χ4n) is 5.15. The molecule has 1 fully saturated rings. The highest BCUT2D eigenvalue weighted by atomic mass is 16.2. The Labute approximate surface area is 212 Å². The molecule has 7 nitrogen and oxygen atoms in total. The number of hydrogen-bond acceptors (Lipinski definition) is 2. The van der Waals surface area contributed by atoms with Gasteiger partial charge in [-0.15, -0.1) is 0 Å². The molecule has 0 spiro atoms. The average molecular weight is 483 g/mol. The summed E-state index contributed by atoms with van der Waals surface area (Å²) in [5, 5.41) is 7.35. The van der Waals surface area contributed by atoms with Crippen molar-refractivity contribution in [2.24, 2.45) is 15.9 Å². The van der Waals surface area contributed by atoms with Crippen LogP contribution in [0.2, 0.25) is 0 Å². The summed E-state index contributed by atoms with van der Waals surface area (Å²) in [7, 11) is 0. The van der Waals surface area contributed by atoms with Crippen molar-refractivity contribution in [2.45, 2.75) is 38.8 Å². The Hall–Kier alpha value is -3.87. The Morgan fingerprint density at radius 3 is 2.72 bits per heavy atom. The molecule has 3 heterocycles. The fourth-order valence-corrected chi connectivity index (χ4v) is 5.15. The van der Waals surface area contributed by atoms with Crippen LogP contribution in [0.3, 0.4) is 0 Å². The van der Waals surface area contributed by atoms with Gasteiger partial charge in [-0.1, -0.05) is 55.1 Å². The van der Waals surface area contributed by atoms with E-state index in [2.05, 4.69) is 51.2 Å². The summed E-state index contributed by atoms with van der Waals surface area (Å²) >= 11 is 0. The number of rotatable bonds is 6. The Kier molecular flexibility index (Phi) is 7.45. The molecular weight excluding hydrogens is 448 g/mol. The fraction of sp³-hybridized carbons (Fsp3) is 0.345. The largest absolute Gasteiger partial charge is 0.347 e. The van der Waals surface area contributed by atoms with Crippen LogP contribution < -0.4 is 10.6 Å². The van der Waals surface area contributed by atoms with E-state index in [1.807, 2.05) is 41.4 Å². The first-order valence-corrected chi connectivity index (χ1v) is 12.8. The van der Waals surface area contributed by atoms with E-state index < -0.39 is 0 Å². The molecule has 1 aromatic heterocycles. The van der Waals surface area contributed by atoms with Gasteiger partial charge in [-0.2, -0.15) is 0 Å². The molecule has 36 heavy (non-hydrogen) atoms. The predicted molar refractivity (Wildman–Crippen MR) is 146 cm³/mol. The lowest BCUT2D eigenvalue weighted by atomic mass is 9.97. The number of carbonyl (C=O) groups excluding carboxylic acids is 1. The molecule has 0 atom stereocenters. The Morgan fingerprint density at radius 1 is 1.08 bits per heavy atom. The van der Waals surface area contributed by atoms with Crippen molar-refractivity contribution >= 4 is 29.1 Å². The van der Waals surface area contributed by atoms with Crippen LogP contribution in [-0.2, 0) is 19.5 Å². The molecule has 7 heteroatoms. The predicted octanol–water partition coefficient (Wildman–Crippen LogP) is 4.72. The summed E-state index contributed by atoms with van der Waals surface area (Å²) < 4.78 is 2.34. The average Bonchev–Trinajstić information content (AvgIpc) is 3.29. The number of para-hydroxylation sites is 1. The third-order valence-electron chi connectivity index (χ3n) is 7.10. The first kappa shape index (κ1) is 23.9. The molecule has 2 N–H and O–H groups in total. The zero-order chi connectivity index (χ0) is 24.7. The minimum atomic E-state index is 0.00527. The van der Waals surface area contributed by atoms with E-state index in [1.165, 1.54) is 22.9 Å². The van der Waals surface area contributed by atoms with Crippen molar-refractivity contribution in [1.29, 1.82) is 0 Å². The highest BCUT2D eigenvalue weighted by molar-refractivity contribution is 6.04. The van der Waals surface area contributed by atoms with Crippen LogP contribution in [0, 0.1) is 5.92 Å². The van der Waals surface area contributed by atoms with Crippen LogP contribution in [0.25, 0.3) is 10.9 Å². The first-order chi connectivity index (χ1) is 17.7. The molecule has 3 aromatic rings. The van der Waals surface area contributed by atoms with Gasteiger partial charge >= 0.3 is 6.03 Å². The molecule has 0 saturated carbocycles. The number of aliphatic imine (C=N–C) groups is 2. The summed E-state index contributed by atoms with van der Waals surface area (Å²) in [5.74, 6) is 0.999. The van der Waals surface area contributed by atoms with Crippen molar-refractivity contribution in [1.82, 2.24) is 20.1 Å². The van der Waals surface area contributed by atoms with Crippen LogP contribution in [-0.4, -0.2) is 47.3 Å². The van der Waals surface area contributed by atoms with E-state index in [0.717, 1.165) is 50.0 Å². The number of benzene rings is 2. The maximum atomic E-state index is 12.5. The molecule has 1 saturated heterocycles. The number of amides is 2. The highest BCUT2D eigenvalue weighted by Gasteiger charge is 2.22. The molecule has 2 aromatic carbocycles. The third-order valence-corrected chi connectivity index (χ3v) is 7.10. The van der Waals surface area contributed by atoms with Crippen LogP contribution >= 0.6 is 0 Å². The lowest BCUT2D eigenvalue weighted by Crippen LogP contribution is -2.44. The summed E-state index contributed by atoms with van der Waals surface area (Å²) in [6.07, 6.45) is 9.90. The number of likely N-dealkylation sites (tertiary alicyclic amines) is 1. The summed E-state index contributed by atoms with van der Waals surface area (Å²) in [5.41, 5.74) is 4.97. The topological polar surface area (TPSA) is 74.0 Å².